The van der Waals surface area contributed by atoms with Crippen LogP contribution in [-0.4, -0.2) is 39.1 Å². The van der Waals surface area contributed by atoms with Crippen LogP contribution in [0.15, 0.2) is 0 Å². The predicted molar refractivity (Wildman–Crippen MR) is 66.8 cm³/mol. The molecule has 4 heteroatoms. The van der Waals surface area contributed by atoms with Gasteiger partial charge in [0.2, 0.25) is 0 Å². The van der Waals surface area contributed by atoms with Crippen LogP contribution < -0.4 is 0 Å². The highest BCUT2D eigenvalue weighted by Gasteiger charge is 1.97. The zero-order valence-electron chi connectivity index (χ0n) is 11.1. The van der Waals surface area contributed by atoms with E-state index in [1.807, 2.05) is 6.07 Å². The van der Waals surface area contributed by atoms with Crippen molar-refractivity contribution in [1.29, 1.82) is 5.26 Å². The Balaban J connectivity index is 2.97. The Labute approximate surface area is 105 Å². The fourth-order valence-electron chi connectivity index (χ4n) is 1.27. The van der Waals surface area contributed by atoms with Crippen LogP contribution in [0.25, 0.3) is 0 Å². The molecule has 1 atom stereocenters. The summed E-state index contributed by atoms with van der Waals surface area (Å²) in [6.45, 7) is 6.96. The number of nitrogens with zero attached hydrogens (tertiary/aromatic N) is 1. The van der Waals surface area contributed by atoms with Gasteiger partial charge in [0, 0.05) is 6.61 Å². The van der Waals surface area contributed by atoms with Gasteiger partial charge in [-0.3, -0.25) is 0 Å². The van der Waals surface area contributed by atoms with Crippen LogP contribution in [0.1, 0.15) is 39.5 Å². The van der Waals surface area contributed by atoms with Gasteiger partial charge in [-0.2, -0.15) is 5.26 Å². The van der Waals surface area contributed by atoms with Gasteiger partial charge in [-0.25, -0.2) is 0 Å². The van der Waals surface area contributed by atoms with E-state index in [1.165, 1.54) is 19.3 Å². The Morgan fingerprint density at radius 2 is 1.59 bits per heavy atom. The van der Waals surface area contributed by atoms with Crippen LogP contribution in [0, 0.1) is 11.3 Å². The topological polar surface area (TPSA) is 51.5 Å². The summed E-state index contributed by atoms with van der Waals surface area (Å²) >= 11 is 0. The third kappa shape index (κ3) is 13.3. The third-order valence-electron chi connectivity index (χ3n) is 2.29. The minimum atomic E-state index is -0.353. The van der Waals surface area contributed by atoms with Crippen LogP contribution in [0.2, 0.25) is 0 Å². The summed E-state index contributed by atoms with van der Waals surface area (Å²) < 4.78 is 15.8. The largest absolute Gasteiger partial charge is 0.379 e. The first-order valence-electron chi connectivity index (χ1n) is 6.48. The maximum atomic E-state index is 8.46. The quantitative estimate of drug-likeness (QED) is 0.494. The molecule has 0 aromatic carbocycles. The number of rotatable bonds is 12. The van der Waals surface area contributed by atoms with Crippen molar-refractivity contribution in [2.75, 3.05) is 33.0 Å². The fourth-order valence-corrected chi connectivity index (χ4v) is 1.27. The normalized spacial score (nSPS) is 12.3. The molecule has 0 amide bonds. The molecule has 0 fully saturated rings. The van der Waals surface area contributed by atoms with E-state index < -0.39 is 0 Å². The van der Waals surface area contributed by atoms with Crippen molar-refractivity contribution in [3.8, 4) is 6.07 Å². The van der Waals surface area contributed by atoms with E-state index in [4.69, 9.17) is 19.5 Å². The smallest absolute Gasteiger partial charge is 0.141 e. The van der Waals surface area contributed by atoms with Crippen molar-refractivity contribution in [3.63, 3.8) is 0 Å². The molecule has 0 radical (unpaired) electrons. The van der Waals surface area contributed by atoms with Crippen LogP contribution in [0.3, 0.4) is 0 Å². The first kappa shape index (κ1) is 16.4. The van der Waals surface area contributed by atoms with Gasteiger partial charge in [0.25, 0.3) is 0 Å². The van der Waals surface area contributed by atoms with Gasteiger partial charge in [0.1, 0.15) is 6.10 Å². The van der Waals surface area contributed by atoms with E-state index in [0.29, 0.717) is 26.4 Å². The SMILES string of the molecule is CCCCCCOCCOCCOC(C)C#N. The summed E-state index contributed by atoms with van der Waals surface area (Å²) in [4.78, 5) is 0. The molecular weight excluding hydrogens is 218 g/mol. The van der Waals surface area contributed by atoms with Gasteiger partial charge in [0.15, 0.2) is 0 Å². The maximum absolute atomic E-state index is 8.46. The van der Waals surface area contributed by atoms with Gasteiger partial charge in [-0.1, -0.05) is 26.2 Å². The van der Waals surface area contributed by atoms with Crippen molar-refractivity contribution in [3.05, 3.63) is 0 Å². The average molecular weight is 243 g/mol. The molecule has 100 valence electrons. The van der Waals surface area contributed by atoms with E-state index >= 15 is 0 Å². The Bertz CT molecular complexity index is 192. The van der Waals surface area contributed by atoms with Crippen molar-refractivity contribution in [2.45, 2.75) is 45.6 Å². The highest BCUT2D eigenvalue weighted by molar-refractivity contribution is 4.78. The monoisotopic (exact) mass is 243 g/mol. The standard InChI is InChI=1S/C13H25NO3/c1-3-4-5-6-7-15-8-9-16-10-11-17-13(2)12-14/h13H,3-11H2,1-2H3. The number of hydrogen-bond acceptors (Lipinski definition) is 4. The van der Waals surface area contributed by atoms with Crippen LogP contribution in [-0.2, 0) is 14.2 Å². The minimum absolute atomic E-state index is 0.353. The van der Waals surface area contributed by atoms with Gasteiger partial charge in [0.05, 0.1) is 32.5 Å². The van der Waals surface area contributed by atoms with Crippen molar-refractivity contribution < 1.29 is 14.2 Å². The lowest BCUT2D eigenvalue weighted by atomic mass is 10.2. The molecule has 0 bridgehead atoms. The lowest BCUT2D eigenvalue weighted by Gasteiger charge is -2.07. The Morgan fingerprint density at radius 3 is 2.24 bits per heavy atom. The molecule has 17 heavy (non-hydrogen) atoms. The lowest BCUT2D eigenvalue weighted by Crippen LogP contribution is -2.13. The third-order valence-corrected chi connectivity index (χ3v) is 2.29. The molecule has 0 aliphatic heterocycles. The number of hydrogen-bond donors (Lipinski definition) is 0. The van der Waals surface area contributed by atoms with E-state index in [1.54, 1.807) is 6.92 Å². The van der Waals surface area contributed by atoms with E-state index in [-0.39, 0.29) is 6.10 Å². The van der Waals surface area contributed by atoms with Gasteiger partial charge in [-0.05, 0) is 13.3 Å². The predicted octanol–water partition coefficient (Wildman–Crippen LogP) is 2.53. The van der Waals surface area contributed by atoms with Crippen molar-refractivity contribution in [1.82, 2.24) is 0 Å². The number of unbranched alkanes of at least 4 members (excludes halogenated alkanes) is 3. The summed E-state index contributed by atoms with van der Waals surface area (Å²) in [5.41, 5.74) is 0. The zero-order chi connectivity index (χ0) is 12.8. The molecule has 0 aliphatic rings. The molecule has 1 unspecified atom stereocenters. The number of nitriles is 1. The Kier molecular flexibility index (Phi) is 12.9. The van der Waals surface area contributed by atoms with Crippen molar-refractivity contribution >= 4 is 0 Å². The van der Waals surface area contributed by atoms with Crippen LogP contribution in [0.5, 0.6) is 0 Å². The minimum Gasteiger partial charge on any atom is -0.379 e. The summed E-state index contributed by atoms with van der Waals surface area (Å²) in [6.07, 6.45) is 4.57. The molecule has 0 aromatic rings. The molecule has 0 saturated heterocycles. The molecule has 4 nitrogen and oxygen atoms in total. The Morgan fingerprint density at radius 1 is 0.941 bits per heavy atom. The number of ether oxygens (including phenoxy) is 3. The van der Waals surface area contributed by atoms with Gasteiger partial charge in [-0.15, -0.1) is 0 Å². The molecule has 0 heterocycles. The van der Waals surface area contributed by atoms with Crippen molar-refractivity contribution in [2.24, 2.45) is 0 Å². The maximum Gasteiger partial charge on any atom is 0.141 e. The van der Waals surface area contributed by atoms with Crippen LogP contribution >= 0.6 is 0 Å². The second-order valence-electron chi connectivity index (χ2n) is 3.93. The van der Waals surface area contributed by atoms with Crippen LogP contribution in [0.4, 0.5) is 0 Å². The molecule has 0 spiro atoms. The van der Waals surface area contributed by atoms with E-state index in [9.17, 15) is 0 Å². The van der Waals surface area contributed by atoms with E-state index in [2.05, 4.69) is 6.92 Å². The first-order chi connectivity index (χ1) is 8.31. The average Bonchev–Trinajstić information content (AvgIpc) is 2.35. The molecular formula is C13H25NO3. The summed E-state index contributed by atoms with van der Waals surface area (Å²) in [7, 11) is 0. The first-order valence-corrected chi connectivity index (χ1v) is 6.48. The highest BCUT2D eigenvalue weighted by Crippen LogP contribution is 1.98. The molecule has 0 aromatic heterocycles. The molecule has 0 saturated carbocycles. The lowest BCUT2D eigenvalue weighted by molar-refractivity contribution is 0.00549. The summed E-state index contributed by atoms with van der Waals surface area (Å²) in [5.74, 6) is 0. The van der Waals surface area contributed by atoms with Gasteiger partial charge >= 0.3 is 0 Å². The second-order valence-corrected chi connectivity index (χ2v) is 3.93. The van der Waals surface area contributed by atoms with Gasteiger partial charge < -0.3 is 14.2 Å². The highest BCUT2D eigenvalue weighted by atomic mass is 16.5. The molecule has 0 rings (SSSR count). The second kappa shape index (κ2) is 13.4. The summed E-state index contributed by atoms with van der Waals surface area (Å²) in [5, 5.41) is 8.46. The summed E-state index contributed by atoms with van der Waals surface area (Å²) in [6, 6.07) is 2.00. The molecule has 0 aliphatic carbocycles. The Hall–Kier alpha value is -0.630. The molecule has 0 N–H and O–H groups in total. The zero-order valence-corrected chi connectivity index (χ0v) is 11.1. The fraction of sp³-hybridized carbons (Fsp3) is 0.923. The van der Waals surface area contributed by atoms with E-state index in [0.717, 1.165) is 13.0 Å².